The first-order valence-electron chi connectivity index (χ1n) is 20.6. The van der Waals surface area contributed by atoms with Crippen LogP contribution >= 0.6 is 0 Å². The molecule has 0 heterocycles. The number of amides is 1. The van der Waals surface area contributed by atoms with Crippen LogP contribution in [0.25, 0.3) is 0 Å². The summed E-state index contributed by atoms with van der Waals surface area (Å²) in [5.41, 5.74) is 0. The molecule has 53 heavy (non-hydrogen) atoms. The first kappa shape index (κ1) is 50.0. The Morgan fingerprint density at radius 3 is 1.40 bits per heavy atom. The summed E-state index contributed by atoms with van der Waals surface area (Å²) >= 11 is 0. The Kier molecular flexibility index (Phi) is 36.5. The third-order valence-corrected chi connectivity index (χ3v) is 9.19. The fourth-order valence-corrected chi connectivity index (χ4v) is 6.10. The van der Waals surface area contributed by atoms with Crippen LogP contribution in [0.3, 0.4) is 0 Å². The van der Waals surface area contributed by atoms with E-state index in [0.29, 0.717) is 12.8 Å². The van der Waals surface area contributed by atoms with E-state index in [1.165, 1.54) is 38.2 Å². The Morgan fingerprint density at radius 1 is 0.528 bits per heavy atom. The average Bonchev–Trinajstić information content (AvgIpc) is 3.12. The lowest BCUT2D eigenvalue weighted by atomic mass is 10.1. The minimum atomic E-state index is -4.37. The van der Waals surface area contributed by atoms with Gasteiger partial charge < -0.3 is 10.4 Å². The van der Waals surface area contributed by atoms with Gasteiger partial charge in [0.15, 0.2) is 0 Å². The second kappa shape index (κ2) is 38.7. The molecule has 0 radical (unpaired) electrons. The Labute approximate surface area is 325 Å². The number of carbonyl (C=O) groups excluding carboxylic acids is 1. The maximum Gasteiger partial charge on any atom is 0.267 e. The number of hydrogen-bond donors (Lipinski definition) is 3. The van der Waals surface area contributed by atoms with Gasteiger partial charge in [-0.3, -0.25) is 9.35 Å². The van der Waals surface area contributed by atoms with Crippen LogP contribution in [-0.2, 0) is 14.9 Å². The van der Waals surface area contributed by atoms with Crippen LogP contribution in [0.1, 0.15) is 155 Å². The normalized spacial score (nSPS) is 14.4. The van der Waals surface area contributed by atoms with E-state index >= 15 is 0 Å². The Morgan fingerprint density at radius 2 is 0.925 bits per heavy atom. The van der Waals surface area contributed by atoms with Crippen LogP contribution < -0.4 is 5.32 Å². The molecule has 0 aromatic heterocycles. The summed E-state index contributed by atoms with van der Waals surface area (Å²) in [4.78, 5) is 12.5. The van der Waals surface area contributed by atoms with Crippen molar-refractivity contribution in [3.05, 3.63) is 109 Å². The van der Waals surface area contributed by atoms with Crippen LogP contribution in [0.15, 0.2) is 109 Å². The van der Waals surface area contributed by atoms with E-state index in [0.717, 1.165) is 89.9 Å². The summed E-state index contributed by atoms with van der Waals surface area (Å²) in [5.74, 6) is -1.06. The molecular formula is C46H75NO5S. The zero-order valence-corrected chi connectivity index (χ0v) is 34.2. The van der Waals surface area contributed by atoms with Crippen LogP contribution in [-0.4, -0.2) is 41.9 Å². The third kappa shape index (κ3) is 40.0. The van der Waals surface area contributed by atoms with Crippen molar-refractivity contribution in [1.29, 1.82) is 0 Å². The van der Waals surface area contributed by atoms with Crippen LogP contribution in [0.5, 0.6) is 0 Å². The number of aliphatic hydroxyl groups excluding tert-OH is 1. The molecule has 1 amide bonds. The van der Waals surface area contributed by atoms with Gasteiger partial charge in [-0.25, -0.2) is 0 Å². The fraction of sp³-hybridized carbons (Fsp3) is 0.587. The van der Waals surface area contributed by atoms with E-state index in [2.05, 4.69) is 116 Å². The second-order valence-electron chi connectivity index (χ2n) is 13.5. The average molecular weight is 754 g/mol. The first-order chi connectivity index (χ1) is 25.8. The maximum atomic E-state index is 12.5. The lowest BCUT2D eigenvalue weighted by Gasteiger charge is -2.21. The summed E-state index contributed by atoms with van der Waals surface area (Å²) in [5, 5.41) is 13.2. The van der Waals surface area contributed by atoms with Gasteiger partial charge in [0.2, 0.25) is 5.91 Å². The Hall–Kier alpha value is -3.00. The Balaban J connectivity index is 4.08. The van der Waals surface area contributed by atoms with E-state index in [4.69, 9.17) is 0 Å². The number of rotatable bonds is 35. The fourth-order valence-electron chi connectivity index (χ4n) is 5.36. The molecule has 0 aliphatic carbocycles. The van der Waals surface area contributed by atoms with E-state index in [1.807, 2.05) is 0 Å². The number of carbonyl (C=O) groups is 1. The van der Waals surface area contributed by atoms with Crippen LogP contribution in [0.4, 0.5) is 0 Å². The molecule has 6 nitrogen and oxygen atoms in total. The van der Waals surface area contributed by atoms with Crippen molar-refractivity contribution in [3.8, 4) is 0 Å². The first-order valence-corrected chi connectivity index (χ1v) is 22.2. The molecule has 300 valence electrons. The quantitative estimate of drug-likeness (QED) is 0.0340. The van der Waals surface area contributed by atoms with Crippen molar-refractivity contribution in [2.24, 2.45) is 0 Å². The highest BCUT2D eigenvalue weighted by Gasteiger charge is 2.24. The molecule has 0 rings (SSSR count). The van der Waals surface area contributed by atoms with Crippen molar-refractivity contribution in [2.45, 2.75) is 167 Å². The van der Waals surface area contributed by atoms with E-state index < -0.39 is 28.0 Å². The number of nitrogens with one attached hydrogen (secondary N) is 1. The summed E-state index contributed by atoms with van der Waals surface area (Å²) in [6, 6.07) is -1.10. The summed E-state index contributed by atoms with van der Waals surface area (Å²) in [6.07, 6.45) is 59.3. The zero-order chi connectivity index (χ0) is 38.9. The smallest absolute Gasteiger partial charge is 0.267 e. The molecule has 0 aromatic carbocycles. The van der Waals surface area contributed by atoms with E-state index in [1.54, 1.807) is 6.08 Å². The molecule has 7 heteroatoms. The molecule has 0 aliphatic heterocycles. The monoisotopic (exact) mass is 754 g/mol. The lowest BCUT2D eigenvalue weighted by molar-refractivity contribution is -0.122. The number of hydrogen-bond acceptors (Lipinski definition) is 4. The van der Waals surface area contributed by atoms with Gasteiger partial charge in [-0.2, -0.15) is 8.42 Å². The molecule has 2 unspecified atom stereocenters. The van der Waals surface area contributed by atoms with Gasteiger partial charge in [0, 0.05) is 6.42 Å². The SMILES string of the molecule is CC/C=C\C/C=C\C/C=C\C/C=C\C/C=C\C/C=C\CCCCCCC(=O)NC(CS(=O)(=O)O)C(O)/C=C/CC/C=C/CC/C=C/CCCCCCC. The summed E-state index contributed by atoms with van der Waals surface area (Å²) in [6.45, 7) is 4.38. The number of unbranched alkanes of at least 4 members (excludes halogenated alkanes) is 11. The predicted octanol–water partition coefficient (Wildman–Crippen LogP) is 12.3. The van der Waals surface area contributed by atoms with Crippen molar-refractivity contribution >= 4 is 16.0 Å². The Bertz CT molecular complexity index is 1240. The van der Waals surface area contributed by atoms with Gasteiger partial charge >= 0.3 is 0 Å². The van der Waals surface area contributed by atoms with E-state index in [9.17, 15) is 22.9 Å². The molecule has 0 saturated heterocycles. The standard InChI is InChI=1S/C46H75NO5S/c1-3-5-7-9-11-13-15-17-19-20-21-22-23-24-25-26-28-30-32-34-36-38-40-42-46(49)47-44(43-53(50,51)52)45(48)41-39-37-35-33-31-29-27-18-16-14-12-10-8-6-4-2/h5,7,11,13,16-19,21-22,24-25,28,30-31,33,39,41,44-45,48H,3-4,6,8-10,12,14-15,20,23,26-27,29,32,34-38,40,42-43H2,1-2H3,(H,47,49)(H,50,51,52)/b7-5-,13-11-,18-16+,19-17-,22-21-,25-24-,30-28-,33-31+,41-39+. The van der Waals surface area contributed by atoms with Gasteiger partial charge in [-0.15, -0.1) is 0 Å². The summed E-state index contributed by atoms with van der Waals surface area (Å²) in [7, 11) is -4.37. The topological polar surface area (TPSA) is 104 Å². The molecule has 2 atom stereocenters. The molecule has 0 fully saturated rings. The van der Waals surface area contributed by atoms with Gasteiger partial charge in [-0.05, 0) is 96.3 Å². The van der Waals surface area contributed by atoms with Crippen molar-refractivity contribution in [2.75, 3.05) is 5.75 Å². The van der Waals surface area contributed by atoms with Gasteiger partial charge in [-0.1, -0.05) is 162 Å². The van der Waals surface area contributed by atoms with Gasteiger partial charge in [0.05, 0.1) is 17.9 Å². The highest BCUT2D eigenvalue weighted by atomic mass is 32.2. The van der Waals surface area contributed by atoms with Crippen molar-refractivity contribution in [3.63, 3.8) is 0 Å². The minimum Gasteiger partial charge on any atom is -0.387 e. The van der Waals surface area contributed by atoms with Gasteiger partial charge in [0.25, 0.3) is 10.1 Å². The van der Waals surface area contributed by atoms with E-state index in [-0.39, 0.29) is 12.3 Å². The molecule has 0 bridgehead atoms. The highest BCUT2D eigenvalue weighted by molar-refractivity contribution is 7.85. The highest BCUT2D eigenvalue weighted by Crippen LogP contribution is 2.09. The maximum absolute atomic E-state index is 12.5. The molecular weight excluding hydrogens is 679 g/mol. The van der Waals surface area contributed by atoms with Gasteiger partial charge in [0.1, 0.15) is 0 Å². The van der Waals surface area contributed by atoms with Crippen LogP contribution in [0.2, 0.25) is 0 Å². The molecule has 3 N–H and O–H groups in total. The second-order valence-corrected chi connectivity index (χ2v) is 15.0. The number of aliphatic hydroxyl groups is 1. The third-order valence-electron chi connectivity index (χ3n) is 8.41. The summed E-state index contributed by atoms with van der Waals surface area (Å²) < 4.78 is 32.5. The molecule has 0 aliphatic rings. The molecule has 0 aromatic rings. The lowest BCUT2D eigenvalue weighted by Crippen LogP contribution is -2.46. The van der Waals surface area contributed by atoms with Crippen molar-refractivity contribution in [1.82, 2.24) is 5.32 Å². The molecule has 0 spiro atoms. The zero-order valence-electron chi connectivity index (χ0n) is 33.3. The van der Waals surface area contributed by atoms with Crippen molar-refractivity contribution < 1.29 is 22.9 Å². The predicted molar refractivity (Wildman–Crippen MR) is 230 cm³/mol. The molecule has 0 saturated carbocycles. The van der Waals surface area contributed by atoms with Crippen LogP contribution in [0, 0.1) is 0 Å². The minimum absolute atomic E-state index is 0.247. The largest absolute Gasteiger partial charge is 0.387 e. The number of allylic oxidation sites excluding steroid dienone is 17.